The van der Waals surface area contributed by atoms with E-state index in [1.165, 1.54) is 0 Å². The summed E-state index contributed by atoms with van der Waals surface area (Å²) < 4.78 is 5.11. The molecule has 0 bridgehead atoms. The number of methoxy groups -OCH3 is 1. The summed E-state index contributed by atoms with van der Waals surface area (Å²) in [4.78, 5) is 11.3. The van der Waals surface area contributed by atoms with Crippen LogP contribution in [0.4, 0.5) is 0 Å². The van der Waals surface area contributed by atoms with E-state index in [0.29, 0.717) is 6.54 Å². The molecule has 1 amide bonds. The molecule has 1 atom stereocenters. The predicted molar refractivity (Wildman–Crippen MR) is 64.5 cm³/mol. The number of carbonyl (C=O) groups excluding carboxylic acids is 1. The number of nitriles is 1. The first kappa shape index (κ1) is 13.0. The smallest absolute Gasteiger partial charge is 0.237 e. The Balaban J connectivity index is 2.41. The number of hydrogen-bond acceptors (Lipinski definition) is 3. The molecular weight excluding hydrogens is 216 g/mol. The van der Waals surface area contributed by atoms with E-state index in [1.807, 2.05) is 30.3 Å². The van der Waals surface area contributed by atoms with Crippen LogP contribution in [0.15, 0.2) is 24.3 Å². The van der Waals surface area contributed by atoms with Gasteiger partial charge in [-0.25, -0.2) is 0 Å². The van der Waals surface area contributed by atoms with E-state index in [2.05, 4.69) is 5.32 Å². The molecule has 0 aromatic heterocycles. The molecule has 1 N–H and O–H groups in total. The van der Waals surface area contributed by atoms with E-state index in [-0.39, 0.29) is 5.91 Å². The highest BCUT2D eigenvalue weighted by molar-refractivity contribution is 5.80. The van der Waals surface area contributed by atoms with Crippen molar-refractivity contribution in [2.24, 2.45) is 5.92 Å². The fourth-order valence-corrected chi connectivity index (χ4v) is 1.37. The molecule has 1 unspecified atom stereocenters. The van der Waals surface area contributed by atoms with Gasteiger partial charge in [-0.1, -0.05) is 12.1 Å². The minimum atomic E-state index is -0.597. The molecule has 0 saturated heterocycles. The molecular formula is C13H16N2O2. The number of hydrogen-bond donors (Lipinski definition) is 1. The Morgan fingerprint density at radius 2 is 2.35 bits per heavy atom. The minimum absolute atomic E-state index is 0.226. The molecule has 4 nitrogen and oxygen atoms in total. The van der Waals surface area contributed by atoms with E-state index >= 15 is 0 Å². The summed E-state index contributed by atoms with van der Waals surface area (Å²) >= 11 is 0. The van der Waals surface area contributed by atoms with Crippen LogP contribution in [-0.4, -0.2) is 19.6 Å². The van der Waals surface area contributed by atoms with E-state index in [0.717, 1.165) is 17.7 Å². The summed E-state index contributed by atoms with van der Waals surface area (Å²) in [5.74, 6) is -0.0186. The summed E-state index contributed by atoms with van der Waals surface area (Å²) in [6.45, 7) is 2.11. The number of amides is 1. The third kappa shape index (κ3) is 4.15. The normalized spacial score (nSPS) is 11.4. The van der Waals surface area contributed by atoms with Gasteiger partial charge < -0.3 is 10.1 Å². The highest BCUT2D eigenvalue weighted by Crippen LogP contribution is 2.12. The molecule has 17 heavy (non-hydrogen) atoms. The molecule has 4 heteroatoms. The van der Waals surface area contributed by atoms with Gasteiger partial charge in [0, 0.05) is 6.54 Å². The maximum Gasteiger partial charge on any atom is 0.237 e. The first-order chi connectivity index (χ1) is 8.17. The lowest BCUT2D eigenvalue weighted by molar-refractivity contribution is -0.122. The molecule has 1 rings (SSSR count). The average molecular weight is 232 g/mol. The molecule has 0 aliphatic heterocycles. The second-order valence-electron chi connectivity index (χ2n) is 3.74. The average Bonchev–Trinajstić information content (AvgIpc) is 2.37. The Kier molecular flexibility index (Phi) is 5.02. The number of ether oxygens (including phenoxy) is 1. The summed E-state index contributed by atoms with van der Waals surface area (Å²) in [5, 5.41) is 11.3. The van der Waals surface area contributed by atoms with Crippen LogP contribution in [0.5, 0.6) is 5.75 Å². The summed E-state index contributed by atoms with van der Waals surface area (Å²) in [6, 6.07) is 9.59. The van der Waals surface area contributed by atoms with Gasteiger partial charge in [-0.3, -0.25) is 4.79 Å². The van der Waals surface area contributed by atoms with Gasteiger partial charge in [0.2, 0.25) is 5.91 Å². The SMILES string of the molecule is COc1cccc(CCNC(=O)C(C)C#N)c1. The van der Waals surface area contributed by atoms with Crippen LogP contribution >= 0.6 is 0 Å². The second-order valence-corrected chi connectivity index (χ2v) is 3.74. The maximum atomic E-state index is 11.3. The van der Waals surface area contributed by atoms with Gasteiger partial charge >= 0.3 is 0 Å². The molecule has 0 heterocycles. The largest absolute Gasteiger partial charge is 0.497 e. The van der Waals surface area contributed by atoms with Crippen LogP contribution in [0.2, 0.25) is 0 Å². The molecule has 0 radical (unpaired) electrons. The van der Waals surface area contributed by atoms with Crippen molar-refractivity contribution in [2.75, 3.05) is 13.7 Å². The van der Waals surface area contributed by atoms with Crippen molar-refractivity contribution in [3.8, 4) is 11.8 Å². The molecule has 0 spiro atoms. The van der Waals surface area contributed by atoms with Crippen LogP contribution in [0.1, 0.15) is 12.5 Å². The van der Waals surface area contributed by atoms with Gasteiger partial charge in [-0.2, -0.15) is 5.26 Å². The molecule has 0 aliphatic rings. The number of benzene rings is 1. The van der Waals surface area contributed by atoms with Gasteiger partial charge in [0.1, 0.15) is 11.7 Å². The van der Waals surface area contributed by atoms with E-state index in [1.54, 1.807) is 14.0 Å². The van der Waals surface area contributed by atoms with Crippen molar-refractivity contribution in [1.82, 2.24) is 5.32 Å². The summed E-state index contributed by atoms with van der Waals surface area (Å²) in [5.41, 5.74) is 1.09. The van der Waals surface area contributed by atoms with Crippen molar-refractivity contribution < 1.29 is 9.53 Å². The van der Waals surface area contributed by atoms with E-state index in [4.69, 9.17) is 10.00 Å². The first-order valence-electron chi connectivity index (χ1n) is 5.47. The standard InChI is InChI=1S/C13H16N2O2/c1-10(9-14)13(16)15-7-6-11-4-3-5-12(8-11)17-2/h3-5,8,10H,6-7H2,1-2H3,(H,15,16). The van der Waals surface area contributed by atoms with Crippen molar-refractivity contribution >= 4 is 5.91 Å². The van der Waals surface area contributed by atoms with Gasteiger partial charge in [0.05, 0.1) is 13.2 Å². The minimum Gasteiger partial charge on any atom is -0.497 e. The Hall–Kier alpha value is -2.02. The first-order valence-corrected chi connectivity index (χ1v) is 5.47. The van der Waals surface area contributed by atoms with Gasteiger partial charge in [-0.15, -0.1) is 0 Å². The molecule has 90 valence electrons. The Bertz CT molecular complexity index is 424. The highest BCUT2D eigenvalue weighted by atomic mass is 16.5. The number of nitrogens with one attached hydrogen (secondary N) is 1. The van der Waals surface area contributed by atoms with Gasteiger partial charge in [0.25, 0.3) is 0 Å². The summed E-state index contributed by atoms with van der Waals surface area (Å²) in [7, 11) is 1.62. The van der Waals surface area contributed by atoms with Crippen LogP contribution in [0.25, 0.3) is 0 Å². The van der Waals surface area contributed by atoms with Gasteiger partial charge in [0.15, 0.2) is 0 Å². The van der Waals surface area contributed by atoms with Crippen LogP contribution < -0.4 is 10.1 Å². The maximum absolute atomic E-state index is 11.3. The zero-order valence-corrected chi connectivity index (χ0v) is 10.1. The van der Waals surface area contributed by atoms with Crippen molar-refractivity contribution in [2.45, 2.75) is 13.3 Å². The molecule has 0 saturated carbocycles. The van der Waals surface area contributed by atoms with Crippen molar-refractivity contribution in [3.63, 3.8) is 0 Å². The van der Waals surface area contributed by atoms with E-state index < -0.39 is 5.92 Å². The third-order valence-electron chi connectivity index (χ3n) is 2.43. The lowest BCUT2D eigenvalue weighted by Gasteiger charge is -2.07. The zero-order chi connectivity index (χ0) is 12.7. The van der Waals surface area contributed by atoms with Gasteiger partial charge in [-0.05, 0) is 31.0 Å². The fraction of sp³-hybridized carbons (Fsp3) is 0.385. The number of rotatable bonds is 5. The van der Waals surface area contributed by atoms with Crippen LogP contribution in [0.3, 0.4) is 0 Å². The monoisotopic (exact) mass is 232 g/mol. The molecule has 1 aromatic carbocycles. The Morgan fingerprint density at radius 3 is 3.00 bits per heavy atom. The second kappa shape index (κ2) is 6.54. The lowest BCUT2D eigenvalue weighted by Crippen LogP contribution is -2.30. The van der Waals surface area contributed by atoms with E-state index in [9.17, 15) is 4.79 Å². The third-order valence-corrected chi connectivity index (χ3v) is 2.43. The number of carbonyl (C=O) groups is 1. The molecule has 0 fully saturated rings. The summed E-state index contributed by atoms with van der Waals surface area (Å²) in [6.07, 6.45) is 0.723. The topological polar surface area (TPSA) is 62.1 Å². The van der Waals surface area contributed by atoms with Crippen LogP contribution in [-0.2, 0) is 11.2 Å². The van der Waals surface area contributed by atoms with Crippen molar-refractivity contribution in [3.05, 3.63) is 29.8 Å². The Labute approximate surface area is 101 Å². The van der Waals surface area contributed by atoms with Crippen LogP contribution in [0, 0.1) is 17.2 Å². The Morgan fingerprint density at radius 1 is 1.59 bits per heavy atom. The predicted octanol–water partition coefficient (Wildman–Crippen LogP) is 1.51. The zero-order valence-electron chi connectivity index (χ0n) is 10.1. The molecule has 1 aromatic rings. The van der Waals surface area contributed by atoms with Crippen molar-refractivity contribution in [1.29, 1.82) is 5.26 Å². The fourth-order valence-electron chi connectivity index (χ4n) is 1.37. The quantitative estimate of drug-likeness (QED) is 0.837. The number of nitrogens with zero attached hydrogens (tertiary/aromatic N) is 1. The highest BCUT2D eigenvalue weighted by Gasteiger charge is 2.09. The lowest BCUT2D eigenvalue weighted by atomic mass is 10.1. The molecule has 0 aliphatic carbocycles.